The van der Waals surface area contributed by atoms with Gasteiger partial charge in [-0.05, 0) is 85.0 Å². The predicted molar refractivity (Wildman–Crippen MR) is 211 cm³/mol. The number of ether oxygens (including phenoxy) is 3. The van der Waals surface area contributed by atoms with Crippen molar-refractivity contribution in [2.24, 2.45) is 0 Å². The lowest BCUT2D eigenvalue weighted by molar-refractivity contribution is -0.127. The second kappa shape index (κ2) is 18.6. The van der Waals surface area contributed by atoms with Crippen molar-refractivity contribution in [2.75, 3.05) is 32.8 Å². The fourth-order valence-corrected chi connectivity index (χ4v) is 6.15. The number of benzene rings is 4. The van der Waals surface area contributed by atoms with Gasteiger partial charge < -0.3 is 19.1 Å². The minimum absolute atomic E-state index is 0. The van der Waals surface area contributed by atoms with Crippen LogP contribution in [0.2, 0.25) is 5.02 Å². The average Bonchev–Trinajstić information content (AvgIpc) is 3.14. The molecule has 6 rings (SSSR count). The maximum atomic E-state index is 13.0. The van der Waals surface area contributed by atoms with E-state index in [1.807, 2.05) is 42.2 Å². The molecule has 0 bridgehead atoms. The molecule has 0 spiro atoms. The van der Waals surface area contributed by atoms with Gasteiger partial charge in [-0.3, -0.25) is 9.69 Å². The van der Waals surface area contributed by atoms with E-state index in [0.29, 0.717) is 48.7 Å². The molecule has 2 heterocycles. The Morgan fingerprint density at radius 2 is 1.40 bits per heavy atom. The number of hydrogen-bond donors (Lipinski definition) is 0. The molecule has 4 aromatic carbocycles. The Hall–Kier alpha value is -4.82. The molecule has 0 radical (unpaired) electrons. The summed E-state index contributed by atoms with van der Waals surface area (Å²) in [5, 5.41) is 0.445. The van der Waals surface area contributed by atoms with Gasteiger partial charge in [0.15, 0.2) is 5.75 Å². The summed E-state index contributed by atoms with van der Waals surface area (Å²) in [6, 6.07) is 32.5. The van der Waals surface area contributed by atoms with Crippen molar-refractivity contribution in [3.8, 4) is 23.1 Å². The van der Waals surface area contributed by atoms with E-state index in [1.54, 1.807) is 24.4 Å². The van der Waals surface area contributed by atoms with Gasteiger partial charge in [0.25, 0.3) is 0 Å². The topological polar surface area (TPSA) is 64.1 Å². The molecule has 0 atom stereocenters. The summed E-state index contributed by atoms with van der Waals surface area (Å²) >= 11 is 6.63. The minimum atomic E-state index is -0.00477. The molecule has 0 saturated carbocycles. The zero-order valence-electron chi connectivity index (χ0n) is 29.9. The highest BCUT2D eigenvalue weighted by Gasteiger charge is 2.20. The third kappa shape index (κ3) is 11.1. The molecular weight excluding hydrogens is 693 g/mol. The summed E-state index contributed by atoms with van der Waals surface area (Å²) in [6.07, 6.45) is 5.94. The van der Waals surface area contributed by atoms with Crippen molar-refractivity contribution in [1.29, 1.82) is 0 Å². The van der Waals surface area contributed by atoms with Crippen LogP contribution in [0.4, 0.5) is 0 Å². The zero-order chi connectivity index (χ0) is 35.6. The quantitative estimate of drug-likeness (QED) is 0.112. The van der Waals surface area contributed by atoms with E-state index in [4.69, 9.17) is 25.8 Å². The van der Waals surface area contributed by atoms with Crippen LogP contribution in [0.1, 0.15) is 38.9 Å². The second-order valence-corrected chi connectivity index (χ2v) is 13.4. The Morgan fingerprint density at radius 1 is 0.769 bits per heavy atom. The molecule has 1 fully saturated rings. The summed E-state index contributed by atoms with van der Waals surface area (Å²) in [5.41, 5.74) is 7.73. The standard InChI is InChI=1S/C43H44ClN3O4.ClH/c1-31-4-8-36(9-5-31)30-50-39-17-18-41(45-28-39)51-43-33(3)26-37(27-40(43)44)14-19-42(48)47-23-21-46(22-24-47)29-35-12-10-34(11-13-35)20-25-49-38-15-6-32(2)7-16-38;/h4-19,26-28H,20-25,29-30H2,1-3H3;1H/b19-14+;. The van der Waals surface area contributed by atoms with Crippen molar-refractivity contribution in [2.45, 2.75) is 40.3 Å². The predicted octanol–water partition coefficient (Wildman–Crippen LogP) is 9.43. The monoisotopic (exact) mass is 737 g/mol. The number of amides is 1. The maximum absolute atomic E-state index is 13.0. The number of nitrogens with zero attached hydrogens (tertiary/aromatic N) is 3. The Morgan fingerprint density at radius 3 is 2.06 bits per heavy atom. The van der Waals surface area contributed by atoms with Gasteiger partial charge >= 0.3 is 0 Å². The van der Waals surface area contributed by atoms with Gasteiger partial charge in [-0.1, -0.05) is 83.4 Å². The summed E-state index contributed by atoms with van der Waals surface area (Å²) < 4.78 is 17.8. The van der Waals surface area contributed by atoms with Gasteiger partial charge in [-0.25, -0.2) is 4.98 Å². The Labute approximate surface area is 318 Å². The van der Waals surface area contributed by atoms with Crippen molar-refractivity contribution in [1.82, 2.24) is 14.8 Å². The van der Waals surface area contributed by atoms with Crippen molar-refractivity contribution >= 4 is 36.0 Å². The van der Waals surface area contributed by atoms with Crippen LogP contribution in [-0.2, 0) is 24.4 Å². The first-order valence-electron chi connectivity index (χ1n) is 17.4. The number of pyridine rings is 1. The zero-order valence-corrected chi connectivity index (χ0v) is 31.5. The fourth-order valence-electron chi connectivity index (χ4n) is 5.84. The number of aryl methyl sites for hydroxylation is 3. The van der Waals surface area contributed by atoms with Crippen LogP contribution in [0.15, 0.2) is 109 Å². The molecule has 1 aliphatic heterocycles. The van der Waals surface area contributed by atoms with Crippen LogP contribution < -0.4 is 14.2 Å². The van der Waals surface area contributed by atoms with Crippen molar-refractivity contribution < 1.29 is 19.0 Å². The molecule has 7 nitrogen and oxygen atoms in total. The van der Waals surface area contributed by atoms with E-state index in [1.165, 1.54) is 22.3 Å². The van der Waals surface area contributed by atoms with Crippen molar-refractivity contribution in [3.05, 3.63) is 153 Å². The summed E-state index contributed by atoms with van der Waals surface area (Å²) in [6.45, 7) is 11.1. The lowest BCUT2D eigenvalue weighted by Gasteiger charge is -2.34. The third-order valence-electron chi connectivity index (χ3n) is 8.91. The number of carbonyl (C=O) groups excluding carboxylic acids is 1. The smallest absolute Gasteiger partial charge is 0.246 e. The molecule has 1 aliphatic rings. The number of halogens is 2. The van der Waals surface area contributed by atoms with E-state index >= 15 is 0 Å². The van der Waals surface area contributed by atoms with Crippen LogP contribution in [-0.4, -0.2) is 53.5 Å². The van der Waals surface area contributed by atoms with Gasteiger partial charge in [0.05, 0.1) is 17.8 Å². The van der Waals surface area contributed by atoms with Crippen LogP contribution in [0, 0.1) is 20.8 Å². The van der Waals surface area contributed by atoms with Crippen LogP contribution in [0.3, 0.4) is 0 Å². The molecule has 0 aliphatic carbocycles. The highest BCUT2D eigenvalue weighted by atomic mass is 35.5. The number of aromatic nitrogens is 1. The molecule has 1 saturated heterocycles. The van der Waals surface area contributed by atoms with Gasteiger partial charge in [-0.2, -0.15) is 0 Å². The van der Waals surface area contributed by atoms with Gasteiger partial charge in [-0.15, -0.1) is 12.4 Å². The third-order valence-corrected chi connectivity index (χ3v) is 9.19. The molecule has 270 valence electrons. The lowest BCUT2D eigenvalue weighted by Crippen LogP contribution is -2.47. The van der Waals surface area contributed by atoms with Crippen LogP contribution >= 0.6 is 24.0 Å². The van der Waals surface area contributed by atoms with E-state index in [-0.39, 0.29) is 18.3 Å². The number of hydrogen-bond acceptors (Lipinski definition) is 6. The van der Waals surface area contributed by atoms with E-state index in [0.717, 1.165) is 48.5 Å². The molecule has 0 unspecified atom stereocenters. The van der Waals surface area contributed by atoms with Gasteiger partial charge in [0.2, 0.25) is 11.8 Å². The highest BCUT2D eigenvalue weighted by Crippen LogP contribution is 2.34. The average molecular weight is 739 g/mol. The molecule has 1 aromatic heterocycles. The molecule has 52 heavy (non-hydrogen) atoms. The van der Waals surface area contributed by atoms with Crippen LogP contribution in [0.5, 0.6) is 23.1 Å². The molecule has 1 amide bonds. The largest absolute Gasteiger partial charge is 0.493 e. The summed E-state index contributed by atoms with van der Waals surface area (Å²) in [5.74, 6) is 2.49. The Kier molecular flexibility index (Phi) is 13.7. The molecular formula is C43H45Cl2N3O4. The van der Waals surface area contributed by atoms with E-state index in [9.17, 15) is 4.79 Å². The SMILES string of the molecule is Cc1ccc(COc2ccc(Oc3c(C)cc(/C=C/C(=O)N4CCN(Cc5ccc(CCOc6ccc(C)cc6)cc5)CC4)cc3Cl)nc2)cc1.Cl. The number of rotatable bonds is 13. The maximum Gasteiger partial charge on any atom is 0.246 e. The van der Waals surface area contributed by atoms with Crippen molar-refractivity contribution in [3.63, 3.8) is 0 Å². The highest BCUT2D eigenvalue weighted by molar-refractivity contribution is 6.32. The normalized spacial score (nSPS) is 13.1. The van der Waals surface area contributed by atoms with Gasteiger partial charge in [0.1, 0.15) is 18.1 Å². The molecule has 0 N–H and O–H groups in total. The minimum Gasteiger partial charge on any atom is -0.493 e. The molecule has 5 aromatic rings. The first-order valence-corrected chi connectivity index (χ1v) is 17.7. The number of piperazine rings is 1. The first-order chi connectivity index (χ1) is 24.8. The summed E-state index contributed by atoms with van der Waals surface area (Å²) in [7, 11) is 0. The Bertz CT molecular complexity index is 1900. The fraction of sp³-hybridized carbons (Fsp3) is 0.256. The summed E-state index contributed by atoms with van der Waals surface area (Å²) in [4.78, 5) is 21.7. The first kappa shape index (κ1) is 38.4. The second-order valence-electron chi connectivity index (χ2n) is 13.0. The Balaban J connectivity index is 0.00000523. The lowest BCUT2D eigenvalue weighted by atomic mass is 10.1. The van der Waals surface area contributed by atoms with Crippen LogP contribution in [0.25, 0.3) is 6.08 Å². The van der Waals surface area contributed by atoms with Gasteiger partial charge in [0, 0.05) is 51.3 Å². The van der Waals surface area contributed by atoms with E-state index < -0.39 is 0 Å². The van der Waals surface area contributed by atoms with E-state index in [2.05, 4.69) is 84.4 Å². The number of carbonyl (C=O) groups is 1. The molecule has 9 heteroatoms.